The summed E-state index contributed by atoms with van der Waals surface area (Å²) in [6.45, 7) is 1.97. The summed E-state index contributed by atoms with van der Waals surface area (Å²) in [6, 6.07) is 10.7. The average Bonchev–Trinajstić information content (AvgIpc) is 2.71. The molecule has 0 aliphatic carbocycles. The molecule has 0 aliphatic rings. The van der Waals surface area contributed by atoms with Gasteiger partial charge in [-0.15, -0.1) is 0 Å². The van der Waals surface area contributed by atoms with E-state index >= 15 is 0 Å². The number of methoxy groups -OCH3 is 1. The molecule has 2 aromatic rings. The van der Waals surface area contributed by atoms with Crippen molar-refractivity contribution in [2.75, 3.05) is 13.7 Å². The van der Waals surface area contributed by atoms with Gasteiger partial charge in [-0.1, -0.05) is 30.3 Å². The Morgan fingerprint density at radius 3 is 2.41 bits per heavy atom. The van der Waals surface area contributed by atoms with Crippen LogP contribution in [0.2, 0.25) is 0 Å². The summed E-state index contributed by atoms with van der Waals surface area (Å²) in [5.74, 6) is -1.86. The minimum atomic E-state index is -1.46. The van der Waals surface area contributed by atoms with E-state index in [1.54, 1.807) is 37.3 Å². The molecule has 0 saturated heterocycles. The zero-order chi connectivity index (χ0) is 21.4. The molecule has 0 fully saturated rings. The van der Waals surface area contributed by atoms with Crippen molar-refractivity contribution in [1.82, 2.24) is 10.6 Å². The molecule has 152 valence electrons. The number of non-ortho nitro benzene ring substituents is 1. The largest absolute Gasteiger partial charge is 0.496 e. The first-order chi connectivity index (χ1) is 13.9. The van der Waals surface area contributed by atoms with Crippen LogP contribution >= 0.6 is 0 Å². The Bertz CT molecular complexity index is 915. The van der Waals surface area contributed by atoms with Crippen LogP contribution in [0.1, 0.15) is 28.9 Å². The minimum Gasteiger partial charge on any atom is -0.496 e. The molecule has 0 aliphatic heterocycles. The predicted octanol–water partition coefficient (Wildman–Crippen LogP) is 2.35. The summed E-state index contributed by atoms with van der Waals surface area (Å²) in [5, 5.41) is 15.5. The smallest absolute Gasteiger partial charge is 0.343 e. The lowest BCUT2D eigenvalue weighted by Gasteiger charge is -2.18. The van der Waals surface area contributed by atoms with E-state index in [0.717, 1.165) is 6.07 Å². The molecular formula is C19H19N3O7. The van der Waals surface area contributed by atoms with Crippen molar-refractivity contribution in [3.63, 3.8) is 0 Å². The van der Waals surface area contributed by atoms with Gasteiger partial charge >= 0.3 is 12.0 Å². The van der Waals surface area contributed by atoms with E-state index in [9.17, 15) is 24.5 Å². The monoisotopic (exact) mass is 401 g/mol. The Hall–Kier alpha value is -3.95. The van der Waals surface area contributed by atoms with Crippen LogP contribution < -0.4 is 15.4 Å². The van der Waals surface area contributed by atoms with E-state index in [1.807, 2.05) is 0 Å². The highest BCUT2D eigenvalue weighted by molar-refractivity contribution is 6.00. The van der Waals surface area contributed by atoms with Gasteiger partial charge in [0, 0.05) is 24.2 Å². The first-order valence-electron chi connectivity index (χ1n) is 8.54. The van der Waals surface area contributed by atoms with Crippen molar-refractivity contribution in [3.8, 4) is 5.75 Å². The Kier molecular flexibility index (Phi) is 7.24. The molecule has 0 unspecified atom stereocenters. The number of hydrogen-bond acceptors (Lipinski definition) is 7. The lowest BCUT2D eigenvalue weighted by Crippen LogP contribution is -2.42. The highest BCUT2D eigenvalue weighted by Gasteiger charge is 2.29. The van der Waals surface area contributed by atoms with Crippen LogP contribution in [0.5, 0.6) is 5.75 Å². The number of imide groups is 1. The minimum absolute atomic E-state index is 0.0385. The molecule has 2 N–H and O–H groups in total. The van der Waals surface area contributed by atoms with E-state index < -0.39 is 28.9 Å². The molecule has 0 heterocycles. The SMILES string of the molecule is CCNC(=O)NC(=O)[C@@H](OC(=O)c1cc([N+](=O)[O-])ccc1OC)c1ccccc1. The normalized spacial score (nSPS) is 11.1. The van der Waals surface area contributed by atoms with Gasteiger partial charge in [-0.2, -0.15) is 0 Å². The van der Waals surface area contributed by atoms with E-state index in [1.165, 1.54) is 19.2 Å². The second-order valence-electron chi connectivity index (χ2n) is 5.69. The van der Waals surface area contributed by atoms with Crippen molar-refractivity contribution in [1.29, 1.82) is 0 Å². The number of urea groups is 1. The third-order valence-electron chi connectivity index (χ3n) is 3.75. The van der Waals surface area contributed by atoms with Crippen LogP contribution in [0, 0.1) is 10.1 Å². The maximum absolute atomic E-state index is 12.7. The number of esters is 1. The van der Waals surface area contributed by atoms with Crippen LogP contribution in [0.3, 0.4) is 0 Å². The molecule has 0 saturated carbocycles. The number of nitrogens with one attached hydrogen (secondary N) is 2. The number of ether oxygens (including phenoxy) is 2. The van der Waals surface area contributed by atoms with Gasteiger partial charge in [0.25, 0.3) is 11.6 Å². The van der Waals surface area contributed by atoms with Crippen molar-refractivity contribution < 1.29 is 28.8 Å². The molecule has 0 aromatic heterocycles. The second-order valence-corrected chi connectivity index (χ2v) is 5.69. The molecule has 0 radical (unpaired) electrons. The number of nitro groups is 1. The van der Waals surface area contributed by atoms with Gasteiger partial charge in [-0.25, -0.2) is 9.59 Å². The van der Waals surface area contributed by atoms with Crippen LogP contribution in [0.25, 0.3) is 0 Å². The van der Waals surface area contributed by atoms with Crippen molar-refractivity contribution in [3.05, 3.63) is 69.8 Å². The molecule has 10 heteroatoms. The fourth-order valence-electron chi connectivity index (χ4n) is 2.42. The van der Waals surface area contributed by atoms with E-state index in [0.29, 0.717) is 12.1 Å². The molecule has 29 heavy (non-hydrogen) atoms. The first kappa shape index (κ1) is 21.4. The maximum Gasteiger partial charge on any atom is 0.343 e. The van der Waals surface area contributed by atoms with E-state index in [-0.39, 0.29) is 17.0 Å². The first-order valence-corrected chi connectivity index (χ1v) is 8.54. The number of benzene rings is 2. The zero-order valence-corrected chi connectivity index (χ0v) is 15.7. The number of amides is 3. The summed E-state index contributed by atoms with van der Waals surface area (Å²) in [5.41, 5.74) is -0.263. The van der Waals surface area contributed by atoms with E-state index in [4.69, 9.17) is 9.47 Å². The standard InChI is InChI=1S/C19H19N3O7/c1-3-20-19(25)21-17(23)16(12-7-5-4-6-8-12)29-18(24)14-11-13(22(26)27)9-10-15(14)28-2/h4-11,16H,3H2,1-2H3,(H2,20,21,23,25)/t16-/m0/s1. The number of carbonyl (C=O) groups excluding carboxylic acids is 3. The molecule has 0 bridgehead atoms. The Balaban J connectivity index is 2.35. The summed E-state index contributed by atoms with van der Waals surface area (Å²) in [4.78, 5) is 47.3. The number of nitrogens with zero attached hydrogens (tertiary/aromatic N) is 1. The van der Waals surface area contributed by atoms with Gasteiger partial charge in [0.05, 0.1) is 12.0 Å². The maximum atomic E-state index is 12.7. The molecular weight excluding hydrogens is 382 g/mol. The second kappa shape index (κ2) is 9.83. The third-order valence-corrected chi connectivity index (χ3v) is 3.75. The van der Waals surface area contributed by atoms with Gasteiger partial charge in [0.1, 0.15) is 11.3 Å². The van der Waals surface area contributed by atoms with Gasteiger partial charge in [0.15, 0.2) is 0 Å². The fourth-order valence-corrected chi connectivity index (χ4v) is 2.42. The number of carbonyl (C=O) groups is 3. The Morgan fingerprint density at radius 2 is 1.83 bits per heavy atom. The molecule has 1 atom stereocenters. The number of nitro benzene ring substituents is 1. The lowest BCUT2D eigenvalue weighted by atomic mass is 10.1. The quantitative estimate of drug-likeness (QED) is 0.413. The van der Waals surface area contributed by atoms with Crippen LogP contribution in [-0.2, 0) is 9.53 Å². The number of rotatable bonds is 7. The average molecular weight is 401 g/mol. The van der Waals surface area contributed by atoms with Gasteiger partial charge in [-0.05, 0) is 13.0 Å². The van der Waals surface area contributed by atoms with Crippen molar-refractivity contribution >= 4 is 23.6 Å². The molecule has 10 nitrogen and oxygen atoms in total. The summed E-state index contributed by atoms with van der Waals surface area (Å²) in [6.07, 6.45) is -1.46. The Morgan fingerprint density at radius 1 is 1.14 bits per heavy atom. The molecule has 2 aromatic carbocycles. The topological polar surface area (TPSA) is 137 Å². The zero-order valence-electron chi connectivity index (χ0n) is 15.7. The van der Waals surface area contributed by atoms with Crippen molar-refractivity contribution in [2.24, 2.45) is 0 Å². The fraction of sp³-hybridized carbons (Fsp3) is 0.211. The summed E-state index contributed by atoms with van der Waals surface area (Å²) in [7, 11) is 1.29. The van der Waals surface area contributed by atoms with E-state index in [2.05, 4.69) is 10.6 Å². The third kappa shape index (κ3) is 5.51. The van der Waals surface area contributed by atoms with Gasteiger partial charge in [0.2, 0.25) is 6.10 Å². The van der Waals surface area contributed by atoms with Crippen LogP contribution in [0.4, 0.5) is 10.5 Å². The highest BCUT2D eigenvalue weighted by Crippen LogP contribution is 2.27. The van der Waals surface area contributed by atoms with Gasteiger partial charge < -0.3 is 14.8 Å². The molecule has 2 rings (SSSR count). The van der Waals surface area contributed by atoms with Crippen LogP contribution in [0.15, 0.2) is 48.5 Å². The molecule has 3 amide bonds. The van der Waals surface area contributed by atoms with Gasteiger partial charge in [-0.3, -0.25) is 20.2 Å². The Labute approximate surface area is 166 Å². The lowest BCUT2D eigenvalue weighted by molar-refractivity contribution is -0.384. The number of hydrogen-bond donors (Lipinski definition) is 2. The molecule has 0 spiro atoms. The summed E-state index contributed by atoms with van der Waals surface area (Å²) < 4.78 is 10.4. The predicted molar refractivity (Wildman–Crippen MR) is 101 cm³/mol. The van der Waals surface area contributed by atoms with Crippen molar-refractivity contribution in [2.45, 2.75) is 13.0 Å². The summed E-state index contributed by atoms with van der Waals surface area (Å²) >= 11 is 0. The van der Waals surface area contributed by atoms with Crippen LogP contribution in [-0.4, -0.2) is 36.5 Å². The highest BCUT2D eigenvalue weighted by atomic mass is 16.6.